The van der Waals surface area contributed by atoms with E-state index in [1.807, 2.05) is 0 Å². The van der Waals surface area contributed by atoms with Crippen LogP contribution in [0.25, 0.3) is 0 Å². The zero-order valence-electron chi connectivity index (χ0n) is 9.42. The van der Waals surface area contributed by atoms with E-state index < -0.39 is 0 Å². The van der Waals surface area contributed by atoms with E-state index in [0.717, 1.165) is 29.5 Å². The summed E-state index contributed by atoms with van der Waals surface area (Å²) in [5.41, 5.74) is 0.133. The quantitative estimate of drug-likeness (QED) is 0.777. The van der Waals surface area contributed by atoms with E-state index in [2.05, 4.69) is 43.2 Å². The highest BCUT2D eigenvalue weighted by Gasteiger charge is 2.18. The second-order valence-electron chi connectivity index (χ2n) is 4.35. The standard InChI is InChI=1S/C10H19N3S/c1-5-11-7-6-8-12-13-9(14-8)10(2,3)4/h11H,5-7H2,1-4H3. The summed E-state index contributed by atoms with van der Waals surface area (Å²) in [6, 6.07) is 0. The number of aromatic nitrogens is 2. The average molecular weight is 213 g/mol. The lowest BCUT2D eigenvalue weighted by Crippen LogP contribution is -2.15. The molecule has 4 heteroatoms. The monoisotopic (exact) mass is 213 g/mol. The lowest BCUT2D eigenvalue weighted by Gasteiger charge is -2.12. The average Bonchev–Trinajstić information content (AvgIpc) is 2.52. The fourth-order valence-corrected chi connectivity index (χ4v) is 1.93. The van der Waals surface area contributed by atoms with Crippen LogP contribution in [-0.2, 0) is 11.8 Å². The lowest BCUT2D eigenvalue weighted by molar-refractivity contribution is 0.577. The molecule has 0 unspecified atom stereocenters. The van der Waals surface area contributed by atoms with Gasteiger partial charge in [0, 0.05) is 18.4 Å². The molecule has 0 aromatic carbocycles. The molecule has 1 heterocycles. The summed E-state index contributed by atoms with van der Waals surface area (Å²) in [5.74, 6) is 0. The van der Waals surface area contributed by atoms with E-state index in [9.17, 15) is 0 Å². The minimum absolute atomic E-state index is 0.133. The summed E-state index contributed by atoms with van der Waals surface area (Å²) in [7, 11) is 0. The SMILES string of the molecule is CCNCCc1nnc(C(C)(C)C)s1. The summed E-state index contributed by atoms with van der Waals surface area (Å²) < 4.78 is 0. The summed E-state index contributed by atoms with van der Waals surface area (Å²) >= 11 is 1.73. The van der Waals surface area contributed by atoms with E-state index in [-0.39, 0.29) is 5.41 Å². The predicted octanol–water partition coefficient (Wildman–Crippen LogP) is 1.99. The Kier molecular flexibility index (Phi) is 4.01. The zero-order valence-corrected chi connectivity index (χ0v) is 10.2. The zero-order chi connectivity index (χ0) is 10.6. The van der Waals surface area contributed by atoms with Crippen LogP contribution in [0.15, 0.2) is 0 Å². The Bertz CT molecular complexity index is 275. The fourth-order valence-electron chi connectivity index (χ4n) is 1.03. The molecule has 0 aliphatic carbocycles. The van der Waals surface area contributed by atoms with Gasteiger partial charge in [0.1, 0.15) is 10.0 Å². The molecule has 1 rings (SSSR count). The van der Waals surface area contributed by atoms with Gasteiger partial charge < -0.3 is 5.32 Å². The van der Waals surface area contributed by atoms with Gasteiger partial charge in [-0.05, 0) is 6.54 Å². The second kappa shape index (κ2) is 4.84. The number of likely N-dealkylation sites (N-methyl/N-ethyl adjacent to an activating group) is 1. The van der Waals surface area contributed by atoms with Gasteiger partial charge in [0.25, 0.3) is 0 Å². The molecular formula is C10H19N3S. The van der Waals surface area contributed by atoms with Crippen LogP contribution >= 0.6 is 11.3 Å². The van der Waals surface area contributed by atoms with Crippen LogP contribution in [0.5, 0.6) is 0 Å². The van der Waals surface area contributed by atoms with Gasteiger partial charge in [0.05, 0.1) is 0 Å². The van der Waals surface area contributed by atoms with Crippen LogP contribution in [0, 0.1) is 0 Å². The largest absolute Gasteiger partial charge is 0.317 e. The smallest absolute Gasteiger partial charge is 0.122 e. The fraction of sp³-hybridized carbons (Fsp3) is 0.800. The highest BCUT2D eigenvalue weighted by atomic mass is 32.1. The Morgan fingerprint density at radius 3 is 2.50 bits per heavy atom. The van der Waals surface area contributed by atoms with Crippen molar-refractivity contribution >= 4 is 11.3 Å². The molecule has 80 valence electrons. The van der Waals surface area contributed by atoms with Crippen LogP contribution in [0.3, 0.4) is 0 Å². The van der Waals surface area contributed by atoms with Gasteiger partial charge in [-0.15, -0.1) is 21.5 Å². The molecule has 3 nitrogen and oxygen atoms in total. The van der Waals surface area contributed by atoms with E-state index >= 15 is 0 Å². The van der Waals surface area contributed by atoms with Crippen LogP contribution < -0.4 is 5.32 Å². The molecule has 0 aliphatic heterocycles. The molecule has 0 saturated carbocycles. The topological polar surface area (TPSA) is 37.8 Å². The van der Waals surface area contributed by atoms with Crippen molar-refractivity contribution in [1.29, 1.82) is 0 Å². The Hall–Kier alpha value is -0.480. The molecule has 0 amide bonds. The van der Waals surface area contributed by atoms with Crippen LogP contribution in [0.2, 0.25) is 0 Å². The van der Waals surface area contributed by atoms with Crippen molar-refractivity contribution < 1.29 is 0 Å². The van der Waals surface area contributed by atoms with Crippen LogP contribution in [-0.4, -0.2) is 23.3 Å². The van der Waals surface area contributed by atoms with Crippen molar-refractivity contribution in [3.05, 3.63) is 10.0 Å². The third-order valence-electron chi connectivity index (χ3n) is 1.87. The van der Waals surface area contributed by atoms with Gasteiger partial charge in [-0.2, -0.15) is 0 Å². The first-order valence-corrected chi connectivity index (χ1v) is 5.89. The highest BCUT2D eigenvalue weighted by molar-refractivity contribution is 7.11. The summed E-state index contributed by atoms with van der Waals surface area (Å²) in [6.07, 6.45) is 0.988. The molecule has 1 N–H and O–H groups in total. The number of hydrogen-bond donors (Lipinski definition) is 1. The molecule has 14 heavy (non-hydrogen) atoms. The molecular weight excluding hydrogens is 194 g/mol. The maximum absolute atomic E-state index is 4.21. The number of nitrogens with one attached hydrogen (secondary N) is 1. The first-order chi connectivity index (χ1) is 6.54. The Morgan fingerprint density at radius 2 is 2.00 bits per heavy atom. The molecule has 0 spiro atoms. The van der Waals surface area contributed by atoms with E-state index in [1.54, 1.807) is 11.3 Å². The summed E-state index contributed by atoms with van der Waals surface area (Å²) in [5, 5.41) is 13.9. The van der Waals surface area contributed by atoms with Crippen molar-refractivity contribution in [2.24, 2.45) is 0 Å². The van der Waals surface area contributed by atoms with E-state index in [4.69, 9.17) is 0 Å². The molecule has 1 aromatic rings. The van der Waals surface area contributed by atoms with Gasteiger partial charge in [-0.25, -0.2) is 0 Å². The van der Waals surface area contributed by atoms with E-state index in [0.29, 0.717) is 0 Å². The maximum atomic E-state index is 4.21. The normalized spacial score (nSPS) is 12.0. The summed E-state index contributed by atoms with van der Waals surface area (Å²) in [4.78, 5) is 0. The molecule has 0 fully saturated rings. The molecule has 0 aliphatic rings. The first kappa shape index (κ1) is 11.6. The minimum atomic E-state index is 0.133. The summed E-state index contributed by atoms with van der Waals surface area (Å²) in [6.45, 7) is 10.6. The highest BCUT2D eigenvalue weighted by Crippen LogP contribution is 2.25. The Morgan fingerprint density at radius 1 is 1.29 bits per heavy atom. The van der Waals surface area contributed by atoms with Crippen molar-refractivity contribution in [2.75, 3.05) is 13.1 Å². The molecule has 0 atom stereocenters. The molecule has 1 aromatic heterocycles. The predicted molar refractivity (Wildman–Crippen MR) is 60.9 cm³/mol. The maximum Gasteiger partial charge on any atom is 0.122 e. The van der Waals surface area contributed by atoms with Gasteiger partial charge in [0.15, 0.2) is 0 Å². The van der Waals surface area contributed by atoms with Crippen molar-refractivity contribution in [3.8, 4) is 0 Å². The van der Waals surface area contributed by atoms with Crippen molar-refractivity contribution in [3.63, 3.8) is 0 Å². The number of nitrogens with zero attached hydrogens (tertiary/aromatic N) is 2. The van der Waals surface area contributed by atoms with Crippen molar-refractivity contribution in [1.82, 2.24) is 15.5 Å². The Balaban J connectivity index is 2.51. The van der Waals surface area contributed by atoms with Gasteiger partial charge in [-0.3, -0.25) is 0 Å². The van der Waals surface area contributed by atoms with Gasteiger partial charge in [-0.1, -0.05) is 27.7 Å². The lowest BCUT2D eigenvalue weighted by atomic mass is 9.98. The van der Waals surface area contributed by atoms with Crippen LogP contribution in [0.1, 0.15) is 37.7 Å². The van der Waals surface area contributed by atoms with Crippen LogP contribution in [0.4, 0.5) is 0 Å². The Labute approximate surface area is 89.9 Å². The number of rotatable bonds is 4. The molecule has 0 saturated heterocycles. The third kappa shape index (κ3) is 3.35. The minimum Gasteiger partial charge on any atom is -0.317 e. The molecule has 0 bridgehead atoms. The van der Waals surface area contributed by atoms with E-state index in [1.165, 1.54) is 0 Å². The molecule has 0 radical (unpaired) electrons. The second-order valence-corrected chi connectivity index (χ2v) is 5.42. The third-order valence-corrected chi connectivity index (χ3v) is 3.28. The van der Waals surface area contributed by atoms with Gasteiger partial charge >= 0.3 is 0 Å². The van der Waals surface area contributed by atoms with Gasteiger partial charge in [0.2, 0.25) is 0 Å². The number of hydrogen-bond acceptors (Lipinski definition) is 4. The van der Waals surface area contributed by atoms with Crippen molar-refractivity contribution in [2.45, 2.75) is 39.5 Å². The first-order valence-electron chi connectivity index (χ1n) is 5.07.